The van der Waals surface area contributed by atoms with Crippen LogP contribution in [0.5, 0.6) is 0 Å². The maximum Gasteiger partial charge on any atom is 0.0438 e. The third-order valence-electron chi connectivity index (χ3n) is 1.98. The summed E-state index contributed by atoms with van der Waals surface area (Å²) in [6.07, 6.45) is 1.29. The summed E-state index contributed by atoms with van der Waals surface area (Å²) in [6.45, 7) is 3.33. The Morgan fingerprint density at radius 1 is 1.73 bits per heavy atom. The Morgan fingerprint density at radius 3 is 2.82 bits per heavy atom. The second-order valence-corrected chi connectivity index (χ2v) is 5.01. The number of aryl methyl sites for hydroxylation is 1. The van der Waals surface area contributed by atoms with E-state index in [1.54, 1.807) is 0 Å². The summed E-state index contributed by atoms with van der Waals surface area (Å²) < 4.78 is 1.28. The molecule has 2 rings (SSSR count). The van der Waals surface area contributed by atoms with E-state index in [0.29, 0.717) is 6.04 Å². The first-order valence-electron chi connectivity index (χ1n) is 3.76. The molecular formula is C8H10BrNS. The molecule has 1 aliphatic rings. The monoisotopic (exact) mass is 231 g/mol. The van der Waals surface area contributed by atoms with Gasteiger partial charge in [0.05, 0.1) is 0 Å². The molecule has 1 aromatic rings. The van der Waals surface area contributed by atoms with Gasteiger partial charge in [0.1, 0.15) is 0 Å². The lowest BCUT2D eigenvalue weighted by Gasteiger charge is -2.26. The molecule has 0 radical (unpaired) electrons. The first kappa shape index (κ1) is 7.77. The molecule has 0 amide bonds. The minimum Gasteiger partial charge on any atom is -0.309 e. The molecule has 60 valence electrons. The van der Waals surface area contributed by atoms with E-state index < -0.39 is 0 Å². The summed E-state index contributed by atoms with van der Waals surface area (Å²) in [5.74, 6) is 0. The van der Waals surface area contributed by atoms with E-state index in [9.17, 15) is 0 Å². The fourth-order valence-electron chi connectivity index (χ4n) is 1.25. The third kappa shape index (κ3) is 1.37. The Kier molecular flexibility index (Phi) is 2.04. The van der Waals surface area contributed by atoms with E-state index in [1.807, 2.05) is 11.3 Å². The van der Waals surface area contributed by atoms with Gasteiger partial charge >= 0.3 is 0 Å². The fourth-order valence-corrected chi connectivity index (χ4v) is 3.29. The van der Waals surface area contributed by atoms with Crippen LogP contribution in [-0.4, -0.2) is 6.54 Å². The Labute approximate surface area is 78.9 Å². The Balaban J connectivity index is 2.28. The van der Waals surface area contributed by atoms with Crippen molar-refractivity contribution in [2.24, 2.45) is 0 Å². The Bertz CT molecular complexity index is 265. The molecule has 1 N–H and O–H groups in total. The average molecular weight is 232 g/mol. The molecule has 11 heavy (non-hydrogen) atoms. The van der Waals surface area contributed by atoms with Crippen molar-refractivity contribution < 1.29 is 0 Å². The number of halogens is 1. The van der Waals surface area contributed by atoms with E-state index in [-0.39, 0.29) is 0 Å². The highest BCUT2D eigenvalue weighted by molar-refractivity contribution is 9.10. The van der Waals surface area contributed by atoms with Crippen LogP contribution in [0.4, 0.5) is 0 Å². The van der Waals surface area contributed by atoms with E-state index in [0.717, 1.165) is 0 Å². The summed E-state index contributed by atoms with van der Waals surface area (Å²) in [4.78, 5) is 2.86. The van der Waals surface area contributed by atoms with Gasteiger partial charge in [-0.1, -0.05) is 0 Å². The summed E-state index contributed by atoms with van der Waals surface area (Å²) in [7, 11) is 0. The van der Waals surface area contributed by atoms with Gasteiger partial charge in [0.2, 0.25) is 0 Å². The predicted molar refractivity (Wildman–Crippen MR) is 52.1 cm³/mol. The molecule has 2 heterocycles. The largest absolute Gasteiger partial charge is 0.309 e. The predicted octanol–water partition coefficient (Wildman–Crippen LogP) is 2.85. The van der Waals surface area contributed by atoms with Crippen LogP contribution in [0, 0.1) is 6.92 Å². The van der Waals surface area contributed by atoms with Crippen molar-refractivity contribution in [3.63, 3.8) is 0 Å². The molecule has 0 bridgehead atoms. The van der Waals surface area contributed by atoms with Gasteiger partial charge in [0.25, 0.3) is 0 Å². The second-order valence-electron chi connectivity index (χ2n) is 2.86. The van der Waals surface area contributed by atoms with Crippen molar-refractivity contribution in [2.75, 3.05) is 6.54 Å². The summed E-state index contributed by atoms with van der Waals surface area (Å²) in [5, 5.41) is 3.40. The first-order chi connectivity index (χ1) is 5.27. The molecule has 1 fully saturated rings. The van der Waals surface area contributed by atoms with Crippen LogP contribution in [0.1, 0.15) is 22.2 Å². The van der Waals surface area contributed by atoms with Crippen molar-refractivity contribution in [1.82, 2.24) is 5.32 Å². The molecule has 1 aliphatic heterocycles. The van der Waals surface area contributed by atoms with Gasteiger partial charge in [0.15, 0.2) is 0 Å². The van der Waals surface area contributed by atoms with Crippen LogP contribution in [-0.2, 0) is 0 Å². The highest BCUT2D eigenvalue weighted by Crippen LogP contribution is 2.35. The van der Waals surface area contributed by atoms with Gasteiger partial charge in [-0.05, 0) is 41.9 Å². The van der Waals surface area contributed by atoms with Gasteiger partial charge < -0.3 is 5.32 Å². The number of hydrogen-bond donors (Lipinski definition) is 1. The van der Waals surface area contributed by atoms with E-state index in [1.165, 1.54) is 27.2 Å². The van der Waals surface area contributed by atoms with Crippen molar-refractivity contribution in [1.29, 1.82) is 0 Å². The summed E-state index contributed by atoms with van der Waals surface area (Å²) in [5.41, 5.74) is 0. The molecule has 1 atom stereocenters. The van der Waals surface area contributed by atoms with Gasteiger partial charge in [-0.25, -0.2) is 0 Å². The lowest BCUT2D eigenvalue weighted by molar-refractivity contribution is 0.388. The maximum atomic E-state index is 3.56. The van der Waals surface area contributed by atoms with E-state index in [4.69, 9.17) is 0 Å². The molecule has 0 aromatic carbocycles. The highest BCUT2D eigenvalue weighted by atomic mass is 79.9. The van der Waals surface area contributed by atoms with E-state index >= 15 is 0 Å². The zero-order chi connectivity index (χ0) is 7.84. The van der Waals surface area contributed by atoms with Crippen LogP contribution in [0.2, 0.25) is 0 Å². The molecular weight excluding hydrogens is 222 g/mol. The smallest absolute Gasteiger partial charge is 0.0438 e. The van der Waals surface area contributed by atoms with Crippen LogP contribution < -0.4 is 5.32 Å². The average Bonchev–Trinajstić information content (AvgIpc) is 2.07. The van der Waals surface area contributed by atoms with Crippen LogP contribution in [0.25, 0.3) is 0 Å². The van der Waals surface area contributed by atoms with Crippen molar-refractivity contribution in [3.05, 3.63) is 20.3 Å². The van der Waals surface area contributed by atoms with Gasteiger partial charge in [0, 0.05) is 20.3 Å². The number of hydrogen-bond acceptors (Lipinski definition) is 2. The lowest BCUT2D eigenvalue weighted by atomic mass is 10.1. The quantitative estimate of drug-likeness (QED) is 0.785. The van der Waals surface area contributed by atoms with Crippen molar-refractivity contribution in [3.8, 4) is 0 Å². The minimum atomic E-state index is 0.628. The van der Waals surface area contributed by atoms with Crippen LogP contribution in [0.15, 0.2) is 10.5 Å². The minimum absolute atomic E-state index is 0.628. The molecule has 1 nitrogen and oxygen atoms in total. The standard InChI is InChI=1S/C8H10BrNS/c1-5-4-6(9)8(11-5)7-2-3-10-7/h4,7,10H,2-3H2,1H3. The first-order valence-corrected chi connectivity index (χ1v) is 5.37. The fraction of sp³-hybridized carbons (Fsp3) is 0.500. The normalized spacial score (nSPS) is 23.3. The number of nitrogens with one attached hydrogen (secondary N) is 1. The summed E-state index contributed by atoms with van der Waals surface area (Å²) >= 11 is 5.45. The molecule has 0 spiro atoms. The molecule has 1 saturated heterocycles. The molecule has 0 saturated carbocycles. The molecule has 1 aromatic heterocycles. The van der Waals surface area contributed by atoms with Gasteiger partial charge in [-0.3, -0.25) is 0 Å². The zero-order valence-electron chi connectivity index (χ0n) is 6.36. The summed E-state index contributed by atoms with van der Waals surface area (Å²) in [6, 6.07) is 2.82. The molecule has 0 aliphatic carbocycles. The zero-order valence-corrected chi connectivity index (χ0v) is 8.76. The van der Waals surface area contributed by atoms with Crippen LogP contribution in [0.3, 0.4) is 0 Å². The molecule has 3 heteroatoms. The second kappa shape index (κ2) is 2.88. The number of thiophene rings is 1. The van der Waals surface area contributed by atoms with Crippen molar-refractivity contribution in [2.45, 2.75) is 19.4 Å². The van der Waals surface area contributed by atoms with Gasteiger partial charge in [-0.15, -0.1) is 11.3 Å². The number of rotatable bonds is 1. The lowest BCUT2D eigenvalue weighted by Crippen LogP contribution is -2.34. The van der Waals surface area contributed by atoms with Crippen LogP contribution >= 0.6 is 27.3 Å². The Morgan fingerprint density at radius 2 is 2.45 bits per heavy atom. The topological polar surface area (TPSA) is 12.0 Å². The van der Waals surface area contributed by atoms with Gasteiger partial charge in [-0.2, -0.15) is 0 Å². The molecule has 1 unspecified atom stereocenters. The van der Waals surface area contributed by atoms with Crippen molar-refractivity contribution >= 4 is 27.3 Å². The highest BCUT2D eigenvalue weighted by Gasteiger charge is 2.22. The SMILES string of the molecule is Cc1cc(Br)c(C2CCN2)s1. The maximum absolute atomic E-state index is 3.56. The van der Waals surface area contributed by atoms with E-state index in [2.05, 4.69) is 34.2 Å². The third-order valence-corrected chi connectivity index (χ3v) is 4.06. The Hall–Kier alpha value is 0.140.